The lowest BCUT2D eigenvalue weighted by atomic mass is 10.3. The van der Waals surface area contributed by atoms with Crippen LogP contribution < -0.4 is 5.32 Å². The van der Waals surface area contributed by atoms with Gasteiger partial charge in [-0.15, -0.1) is 0 Å². The standard InChI is InChI=1S/C16H15BrF3N5O/c1-8-12(17)13(16(18,19)20)23-25(8)9(2)14(26)22-15-21-10-6-4-5-7-11(10)24(15)3/h4-7,9H,1-3H3,(H,21,22,26). The second kappa shape index (κ2) is 6.42. The van der Waals surface area contributed by atoms with Crippen molar-refractivity contribution in [2.45, 2.75) is 26.1 Å². The summed E-state index contributed by atoms with van der Waals surface area (Å²) in [4.78, 5) is 16.9. The Bertz CT molecular complexity index is 992. The molecule has 26 heavy (non-hydrogen) atoms. The first-order chi connectivity index (χ1) is 12.1. The molecule has 0 aliphatic heterocycles. The molecule has 0 fully saturated rings. The molecule has 0 saturated heterocycles. The van der Waals surface area contributed by atoms with E-state index in [-0.39, 0.29) is 10.2 Å². The molecule has 0 spiro atoms. The molecule has 3 rings (SSSR count). The Morgan fingerprint density at radius 2 is 1.96 bits per heavy atom. The lowest BCUT2D eigenvalue weighted by Crippen LogP contribution is -2.26. The predicted octanol–water partition coefficient (Wildman–Crippen LogP) is 4.06. The Hall–Kier alpha value is -2.36. The summed E-state index contributed by atoms with van der Waals surface area (Å²) >= 11 is 2.90. The molecule has 2 heterocycles. The van der Waals surface area contributed by atoms with E-state index in [9.17, 15) is 18.0 Å². The molecule has 0 bridgehead atoms. The highest BCUT2D eigenvalue weighted by atomic mass is 79.9. The van der Waals surface area contributed by atoms with Crippen LogP contribution in [0.5, 0.6) is 0 Å². The molecule has 0 saturated carbocycles. The predicted molar refractivity (Wildman–Crippen MR) is 93.7 cm³/mol. The van der Waals surface area contributed by atoms with Crippen LogP contribution in [-0.4, -0.2) is 25.2 Å². The fourth-order valence-corrected chi connectivity index (χ4v) is 3.13. The number of hydrogen-bond donors (Lipinski definition) is 1. The Morgan fingerprint density at radius 1 is 1.31 bits per heavy atom. The van der Waals surface area contributed by atoms with Gasteiger partial charge in [0.15, 0.2) is 5.69 Å². The summed E-state index contributed by atoms with van der Waals surface area (Å²) in [6.07, 6.45) is -4.61. The number of aryl methyl sites for hydroxylation is 1. The number of halogens is 4. The van der Waals surface area contributed by atoms with Gasteiger partial charge in [-0.05, 0) is 41.9 Å². The van der Waals surface area contributed by atoms with E-state index in [1.165, 1.54) is 13.8 Å². The van der Waals surface area contributed by atoms with Crippen LogP contribution >= 0.6 is 15.9 Å². The molecule has 6 nitrogen and oxygen atoms in total. The summed E-state index contributed by atoms with van der Waals surface area (Å²) in [6, 6.07) is 6.38. The van der Waals surface area contributed by atoms with Crippen molar-refractivity contribution in [1.82, 2.24) is 19.3 Å². The first-order valence-corrected chi connectivity index (χ1v) is 8.44. The van der Waals surface area contributed by atoms with E-state index in [1.807, 2.05) is 18.2 Å². The van der Waals surface area contributed by atoms with Gasteiger partial charge in [0.25, 0.3) is 5.91 Å². The zero-order valence-electron chi connectivity index (χ0n) is 14.1. The van der Waals surface area contributed by atoms with E-state index >= 15 is 0 Å². The van der Waals surface area contributed by atoms with Crippen molar-refractivity contribution < 1.29 is 18.0 Å². The van der Waals surface area contributed by atoms with E-state index in [4.69, 9.17) is 0 Å². The number of carbonyl (C=O) groups excluding carboxylic acids is 1. The number of amides is 1. The van der Waals surface area contributed by atoms with Crippen molar-refractivity contribution in [3.05, 3.63) is 40.1 Å². The molecule has 0 radical (unpaired) electrons. The van der Waals surface area contributed by atoms with Gasteiger partial charge in [0.2, 0.25) is 5.95 Å². The first-order valence-electron chi connectivity index (χ1n) is 7.65. The Labute approximate surface area is 155 Å². The second-order valence-electron chi connectivity index (χ2n) is 5.84. The number of rotatable bonds is 3. The minimum atomic E-state index is -4.61. The lowest BCUT2D eigenvalue weighted by molar-refractivity contribution is -0.142. The third-order valence-electron chi connectivity index (χ3n) is 4.11. The maximum atomic E-state index is 13.0. The average molecular weight is 430 g/mol. The molecule has 3 aromatic rings. The molecule has 1 aromatic carbocycles. The zero-order chi connectivity index (χ0) is 19.2. The molecule has 1 N–H and O–H groups in total. The Kier molecular flexibility index (Phi) is 4.55. The molecule has 1 unspecified atom stereocenters. The normalized spacial score (nSPS) is 13.2. The van der Waals surface area contributed by atoms with Crippen LogP contribution in [0.25, 0.3) is 11.0 Å². The number of carbonyl (C=O) groups is 1. The van der Waals surface area contributed by atoms with E-state index < -0.39 is 23.8 Å². The topological polar surface area (TPSA) is 64.7 Å². The number of para-hydroxylation sites is 2. The number of hydrogen-bond acceptors (Lipinski definition) is 3. The van der Waals surface area contributed by atoms with Crippen LogP contribution in [0.2, 0.25) is 0 Å². The van der Waals surface area contributed by atoms with Crippen molar-refractivity contribution in [1.29, 1.82) is 0 Å². The van der Waals surface area contributed by atoms with Crippen LogP contribution in [0, 0.1) is 6.92 Å². The summed E-state index contributed by atoms with van der Waals surface area (Å²) < 4.78 is 41.6. The van der Waals surface area contributed by atoms with Crippen molar-refractivity contribution >= 4 is 38.8 Å². The van der Waals surface area contributed by atoms with E-state index in [0.29, 0.717) is 11.5 Å². The van der Waals surface area contributed by atoms with Crippen molar-refractivity contribution in [2.24, 2.45) is 7.05 Å². The quantitative estimate of drug-likeness (QED) is 0.682. The third-order valence-corrected chi connectivity index (χ3v) is 5.06. The summed E-state index contributed by atoms with van der Waals surface area (Å²) in [5.41, 5.74) is 0.686. The molecule has 1 atom stereocenters. The SMILES string of the molecule is Cc1c(Br)c(C(F)(F)F)nn1C(C)C(=O)Nc1nc2ccccc2n1C. The smallest absolute Gasteiger partial charge is 0.313 e. The number of alkyl halides is 3. The van der Waals surface area contributed by atoms with Gasteiger partial charge in [0, 0.05) is 7.05 Å². The molecular formula is C16H15BrF3N5O. The highest BCUT2D eigenvalue weighted by molar-refractivity contribution is 9.10. The monoisotopic (exact) mass is 429 g/mol. The Morgan fingerprint density at radius 3 is 2.54 bits per heavy atom. The van der Waals surface area contributed by atoms with E-state index in [1.54, 1.807) is 17.7 Å². The van der Waals surface area contributed by atoms with Crippen LogP contribution in [0.15, 0.2) is 28.7 Å². The van der Waals surface area contributed by atoms with Crippen LogP contribution in [0.4, 0.5) is 19.1 Å². The van der Waals surface area contributed by atoms with Gasteiger partial charge < -0.3 is 4.57 Å². The highest BCUT2D eigenvalue weighted by Gasteiger charge is 2.39. The highest BCUT2D eigenvalue weighted by Crippen LogP contribution is 2.36. The largest absolute Gasteiger partial charge is 0.436 e. The fourth-order valence-electron chi connectivity index (χ4n) is 2.64. The average Bonchev–Trinajstić information content (AvgIpc) is 3.05. The minimum absolute atomic E-state index is 0.174. The Balaban J connectivity index is 1.89. The molecule has 10 heteroatoms. The van der Waals surface area contributed by atoms with Gasteiger partial charge in [0.1, 0.15) is 6.04 Å². The fraction of sp³-hybridized carbons (Fsp3) is 0.312. The number of aromatic nitrogens is 4. The van der Waals surface area contributed by atoms with Gasteiger partial charge >= 0.3 is 6.18 Å². The van der Waals surface area contributed by atoms with E-state index in [2.05, 4.69) is 31.3 Å². The molecule has 1 amide bonds. The molecule has 0 aliphatic rings. The van der Waals surface area contributed by atoms with Gasteiger partial charge in [-0.2, -0.15) is 18.3 Å². The number of imidazole rings is 1. The number of benzene rings is 1. The summed E-state index contributed by atoms with van der Waals surface area (Å²) in [6.45, 7) is 2.94. The lowest BCUT2D eigenvalue weighted by Gasteiger charge is -2.14. The van der Waals surface area contributed by atoms with Crippen LogP contribution in [0.1, 0.15) is 24.4 Å². The van der Waals surface area contributed by atoms with Crippen molar-refractivity contribution in [3.8, 4) is 0 Å². The summed E-state index contributed by atoms with van der Waals surface area (Å²) in [7, 11) is 1.74. The molecule has 2 aromatic heterocycles. The maximum absolute atomic E-state index is 13.0. The number of anilines is 1. The van der Waals surface area contributed by atoms with Gasteiger partial charge in [-0.3, -0.25) is 14.8 Å². The van der Waals surface area contributed by atoms with Crippen molar-refractivity contribution in [2.75, 3.05) is 5.32 Å². The summed E-state index contributed by atoms with van der Waals surface area (Å²) in [5, 5.41) is 6.21. The van der Waals surface area contributed by atoms with Crippen LogP contribution in [0.3, 0.4) is 0 Å². The first kappa shape index (κ1) is 18.4. The number of nitrogens with zero attached hydrogens (tertiary/aromatic N) is 4. The second-order valence-corrected chi connectivity index (χ2v) is 6.63. The van der Waals surface area contributed by atoms with Crippen molar-refractivity contribution in [3.63, 3.8) is 0 Å². The van der Waals surface area contributed by atoms with Gasteiger partial charge in [-0.1, -0.05) is 12.1 Å². The molecular weight excluding hydrogens is 415 g/mol. The van der Waals surface area contributed by atoms with Crippen LogP contribution in [-0.2, 0) is 18.0 Å². The maximum Gasteiger partial charge on any atom is 0.436 e. The minimum Gasteiger partial charge on any atom is -0.313 e. The van der Waals surface area contributed by atoms with Gasteiger partial charge in [0.05, 0.1) is 21.2 Å². The molecule has 0 aliphatic carbocycles. The van der Waals surface area contributed by atoms with Gasteiger partial charge in [-0.25, -0.2) is 4.98 Å². The third kappa shape index (κ3) is 3.09. The number of fused-ring (bicyclic) bond motifs is 1. The van der Waals surface area contributed by atoms with E-state index in [0.717, 1.165) is 10.2 Å². The number of nitrogens with one attached hydrogen (secondary N) is 1. The summed E-state index contributed by atoms with van der Waals surface area (Å²) in [5.74, 6) is -0.210. The molecule has 138 valence electrons. The zero-order valence-corrected chi connectivity index (χ0v) is 15.7.